The van der Waals surface area contributed by atoms with Crippen LogP contribution in [0.15, 0.2) is 18.2 Å². The number of aryl methyl sites for hydroxylation is 1. The van der Waals surface area contributed by atoms with Crippen LogP contribution in [0.1, 0.15) is 12.0 Å². The predicted octanol–water partition coefficient (Wildman–Crippen LogP) is 1.03. The summed E-state index contributed by atoms with van der Waals surface area (Å²) in [4.78, 5) is 12.8. The summed E-state index contributed by atoms with van der Waals surface area (Å²) < 4.78 is 5.50. The number of fused-ring (bicyclic) bond motifs is 1. The summed E-state index contributed by atoms with van der Waals surface area (Å²) in [6.45, 7) is 0.769. The lowest BCUT2D eigenvalue weighted by atomic mass is 10.1. The summed E-state index contributed by atoms with van der Waals surface area (Å²) >= 11 is 0. The SMILES string of the molecule is CN(C(=O)NN)c1ccc2c(c1)CCCO2. The number of nitrogens with one attached hydrogen (secondary N) is 1. The van der Waals surface area contributed by atoms with Gasteiger partial charge in [-0.25, -0.2) is 10.6 Å². The van der Waals surface area contributed by atoms with Gasteiger partial charge in [0.1, 0.15) is 5.75 Å². The van der Waals surface area contributed by atoms with E-state index in [1.165, 1.54) is 4.90 Å². The van der Waals surface area contributed by atoms with Crippen LogP contribution < -0.4 is 20.9 Å². The average Bonchev–Trinajstić information content (AvgIpc) is 2.36. The molecule has 5 heteroatoms. The standard InChI is InChI=1S/C11H15N3O2/c1-14(11(15)13-12)9-4-5-10-8(7-9)3-2-6-16-10/h4-5,7H,2-3,6,12H2,1H3,(H,13,15). The zero-order valence-corrected chi connectivity index (χ0v) is 9.19. The molecular formula is C11H15N3O2. The molecule has 0 aromatic heterocycles. The summed E-state index contributed by atoms with van der Waals surface area (Å²) in [5, 5.41) is 0. The van der Waals surface area contributed by atoms with Crippen LogP contribution in [0.25, 0.3) is 0 Å². The molecule has 0 saturated carbocycles. The van der Waals surface area contributed by atoms with Crippen molar-refractivity contribution in [2.24, 2.45) is 5.84 Å². The molecule has 0 radical (unpaired) electrons. The molecule has 0 bridgehead atoms. The van der Waals surface area contributed by atoms with Gasteiger partial charge in [-0.15, -0.1) is 0 Å². The highest BCUT2D eigenvalue weighted by atomic mass is 16.5. The van der Waals surface area contributed by atoms with E-state index in [1.807, 2.05) is 18.2 Å². The van der Waals surface area contributed by atoms with Crippen molar-refractivity contribution in [3.63, 3.8) is 0 Å². The maximum Gasteiger partial charge on any atom is 0.335 e. The molecular weight excluding hydrogens is 206 g/mol. The average molecular weight is 221 g/mol. The van der Waals surface area contributed by atoms with Crippen molar-refractivity contribution in [1.82, 2.24) is 5.43 Å². The molecule has 16 heavy (non-hydrogen) atoms. The quantitative estimate of drug-likeness (QED) is 0.423. The van der Waals surface area contributed by atoms with Crippen molar-refractivity contribution in [2.45, 2.75) is 12.8 Å². The molecule has 86 valence electrons. The Morgan fingerprint density at radius 2 is 2.38 bits per heavy atom. The zero-order valence-electron chi connectivity index (χ0n) is 9.19. The Labute approximate surface area is 94.1 Å². The Balaban J connectivity index is 2.26. The lowest BCUT2D eigenvalue weighted by Gasteiger charge is -2.21. The number of nitrogens with two attached hydrogens (primary N) is 1. The van der Waals surface area contributed by atoms with E-state index >= 15 is 0 Å². The van der Waals surface area contributed by atoms with Crippen LogP contribution in [-0.2, 0) is 6.42 Å². The van der Waals surface area contributed by atoms with Crippen molar-refractivity contribution in [3.8, 4) is 5.75 Å². The number of benzene rings is 1. The number of hydrazine groups is 1. The van der Waals surface area contributed by atoms with Crippen LogP contribution >= 0.6 is 0 Å². The molecule has 0 spiro atoms. The van der Waals surface area contributed by atoms with Crippen LogP contribution in [0.2, 0.25) is 0 Å². The second-order valence-electron chi connectivity index (χ2n) is 3.75. The summed E-state index contributed by atoms with van der Waals surface area (Å²) in [6.07, 6.45) is 2.00. The first kappa shape index (κ1) is 10.8. The molecule has 1 aliphatic heterocycles. The molecule has 1 aromatic rings. The van der Waals surface area contributed by atoms with E-state index in [0.717, 1.165) is 36.4 Å². The first-order chi connectivity index (χ1) is 7.72. The second kappa shape index (κ2) is 4.40. The number of urea groups is 1. The second-order valence-corrected chi connectivity index (χ2v) is 3.75. The summed E-state index contributed by atoms with van der Waals surface area (Å²) in [6, 6.07) is 5.37. The lowest BCUT2D eigenvalue weighted by Crippen LogP contribution is -2.41. The number of hydrogen-bond acceptors (Lipinski definition) is 3. The maximum absolute atomic E-state index is 11.3. The van der Waals surface area contributed by atoms with Gasteiger partial charge in [-0.2, -0.15) is 0 Å². The molecule has 0 saturated heterocycles. The van der Waals surface area contributed by atoms with Gasteiger partial charge >= 0.3 is 6.03 Å². The van der Waals surface area contributed by atoms with Crippen molar-refractivity contribution in [3.05, 3.63) is 23.8 Å². The zero-order chi connectivity index (χ0) is 11.5. The van der Waals surface area contributed by atoms with Gasteiger partial charge in [-0.3, -0.25) is 10.3 Å². The van der Waals surface area contributed by atoms with Crippen LogP contribution in [0.4, 0.5) is 10.5 Å². The summed E-state index contributed by atoms with van der Waals surface area (Å²) in [5.41, 5.74) is 4.05. The fourth-order valence-electron chi connectivity index (χ4n) is 1.77. The smallest absolute Gasteiger partial charge is 0.335 e. The van der Waals surface area contributed by atoms with Crippen molar-refractivity contribution < 1.29 is 9.53 Å². The van der Waals surface area contributed by atoms with Gasteiger partial charge in [0.25, 0.3) is 0 Å². The van der Waals surface area contributed by atoms with Gasteiger partial charge in [0, 0.05) is 12.7 Å². The Morgan fingerprint density at radius 3 is 3.12 bits per heavy atom. The van der Waals surface area contributed by atoms with Gasteiger partial charge < -0.3 is 4.74 Å². The number of ether oxygens (including phenoxy) is 1. The van der Waals surface area contributed by atoms with E-state index in [2.05, 4.69) is 5.43 Å². The Bertz CT molecular complexity index is 406. The highest BCUT2D eigenvalue weighted by molar-refractivity contribution is 5.91. The third-order valence-electron chi connectivity index (χ3n) is 2.71. The monoisotopic (exact) mass is 221 g/mol. The van der Waals surface area contributed by atoms with E-state index in [1.54, 1.807) is 7.05 Å². The van der Waals surface area contributed by atoms with Gasteiger partial charge in [0.15, 0.2) is 0 Å². The van der Waals surface area contributed by atoms with Gasteiger partial charge in [-0.05, 0) is 36.6 Å². The van der Waals surface area contributed by atoms with E-state index in [-0.39, 0.29) is 6.03 Å². The van der Waals surface area contributed by atoms with Crippen LogP contribution in [0.5, 0.6) is 5.75 Å². The van der Waals surface area contributed by atoms with Crippen molar-refractivity contribution in [1.29, 1.82) is 0 Å². The number of anilines is 1. The molecule has 0 fully saturated rings. The Kier molecular flexibility index (Phi) is 2.96. The molecule has 0 aliphatic carbocycles. The van der Waals surface area contributed by atoms with E-state index in [4.69, 9.17) is 10.6 Å². The van der Waals surface area contributed by atoms with Crippen LogP contribution in [0, 0.1) is 0 Å². The molecule has 0 unspecified atom stereocenters. The molecule has 1 aromatic carbocycles. The Morgan fingerprint density at radius 1 is 1.56 bits per heavy atom. The van der Waals surface area contributed by atoms with Gasteiger partial charge in [0.05, 0.1) is 6.61 Å². The molecule has 1 aliphatic rings. The minimum atomic E-state index is -0.336. The highest BCUT2D eigenvalue weighted by Gasteiger charge is 2.14. The minimum absolute atomic E-state index is 0.336. The first-order valence-corrected chi connectivity index (χ1v) is 5.22. The van der Waals surface area contributed by atoms with E-state index in [9.17, 15) is 4.79 Å². The fourth-order valence-corrected chi connectivity index (χ4v) is 1.77. The molecule has 2 rings (SSSR count). The third kappa shape index (κ3) is 1.94. The normalized spacial score (nSPS) is 13.6. The first-order valence-electron chi connectivity index (χ1n) is 5.22. The predicted molar refractivity (Wildman–Crippen MR) is 61.4 cm³/mol. The molecule has 0 atom stereocenters. The van der Waals surface area contributed by atoms with Crippen molar-refractivity contribution >= 4 is 11.7 Å². The topological polar surface area (TPSA) is 67.6 Å². The highest BCUT2D eigenvalue weighted by Crippen LogP contribution is 2.28. The number of hydrogen-bond donors (Lipinski definition) is 2. The maximum atomic E-state index is 11.3. The number of carbonyl (C=O) groups is 1. The Hall–Kier alpha value is -1.75. The van der Waals surface area contributed by atoms with Crippen molar-refractivity contribution in [2.75, 3.05) is 18.6 Å². The largest absolute Gasteiger partial charge is 0.493 e. The summed E-state index contributed by atoms with van der Waals surface area (Å²) in [7, 11) is 1.67. The number of carbonyl (C=O) groups excluding carboxylic acids is 1. The molecule has 1 heterocycles. The lowest BCUT2D eigenvalue weighted by molar-refractivity contribution is 0.247. The number of rotatable bonds is 1. The summed E-state index contributed by atoms with van der Waals surface area (Å²) in [5.74, 6) is 6.00. The van der Waals surface area contributed by atoms with E-state index in [0.29, 0.717) is 0 Å². The molecule has 2 amide bonds. The third-order valence-corrected chi connectivity index (χ3v) is 2.71. The minimum Gasteiger partial charge on any atom is -0.493 e. The number of amides is 2. The van der Waals surface area contributed by atoms with Crippen LogP contribution in [-0.4, -0.2) is 19.7 Å². The molecule has 5 nitrogen and oxygen atoms in total. The number of nitrogens with zero attached hydrogens (tertiary/aromatic N) is 1. The van der Waals surface area contributed by atoms with E-state index < -0.39 is 0 Å². The van der Waals surface area contributed by atoms with Gasteiger partial charge in [0.2, 0.25) is 0 Å². The fraction of sp³-hybridized carbons (Fsp3) is 0.364. The van der Waals surface area contributed by atoms with Gasteiger partial charge in [-0.1, -0.05) is 0 Å². The molecule has 3 N–H and O–H groups in total. The van der Waals surface area contributed by atoms with Crippen LogP contribution in [0.3, 0.4) is 0 Å².